The molecule has 5 nitrogen and oxygen atoms in total. The second kappa shape index (κ2) is 5.84. The van der Waals surface area contributed by atoms with Crippen molar-refractivity contribution in [3.63, 3.8) is 0 Å². The highest BCUT2D eigenvalue weighted by molar-refractivity contribution is 5.92. The molecule has 1 aromatic rings. The molecule has 3 rings (SSSR count). The van der Waals surface area contributed by atoms with Gasteiger partial charge in [-0.25, -0.2) is 0 Å². The van der Waals surface area contributed by atoms with E-state index in [1.165, 1.54) is 0 Å². The minimum atomic E-state index is 0.00655. The Balaban J connectivity index is 1.58. The van der Waals surface area contributed by atoms with E-state index in [-0.39, 0.29) is 5.91 Å². The van der Waals surface area contributed by atoms with Gasteiger partial charge in [-0.2, -0.15) is 5.26 Å². The fraction of sp³-hybridized carbons (Fsp3) is 0.500. The molecule has 0 spiro atoms. The van der Waals surface area contributed by atoms with Crippen molar-refractivity contribution in [2.24, 2.45) is 5.73 Å². The Hall–Kier alpha value is -1.90. The van der Waals surface area contributed by atoms with Gasteiger partial charge in [-0.05, 0) is 49.9 Å². The molecular weight excluding hydrogens is 264 g/mol. The van der Waals surface area contributed by atoms with E-state index in [4.69, 9.17) is 11.0 Å². The number of carbonyl (C=O) groups excluding carboxylic acids is 1. The predicted molar refractivity (Wildman–Crippen MR) is 80.5 cm³/mol. The third kappa shape index (κ3) is 3.07. The van der Waals surface area contributed by atoms with Crippen LogP contribution in [0.15, 0.2) is 24.3 Å². The summed E-state index contributed by atoms with van der Waals surface area (Å²) < 4.78 is 0. The third-order valence-electron chi connectivity index (χ3n) is 4.54. The van der Waals surface area contributed by atoms with Crippen LogP contribution < -0.4 is 11.1 Å². The quantitative estimate of drug-likeness (QED) is 0.880. The summed E-state index contributed by atoms with van der Waals surface area (Å²) in [6.07, 6.45) is 4.31. The van der Waals surface area contributed by atoms with Crippen molar-refractivity contribution in [2.75, 3.05) is 11.9 Å². The van der Waals surface area contributed by atoms with Gasteiger partial charge in [-0.15, -0.1) is 0 Å². The molecule has 3 N–H and O–H groups in total. The Labute approximate surface area is 124 Å². The van der Waals surface area contributed by atoms with E-state index < -0.39 is 0 Å². The molecule has 1 amide bonds. The maximum atomic E-state index is 12.2. The van der Waals surface area contributed by atoms with E-state index in [2.05, 4.69) is 16.3 Å². The Bertz CT molecular complexity index is 549. The van der Waals surface area contributed by atoms with E-state index in [1.54, 1.807) is 24.3 Å². The summed E-state index contributed by atoms with van der Waals surface area (Å²) in [5, 5.41) is 11.7. The molecule has 0 radical (unpaired) electrons. The molecule has 2 atom stereocenters. The number of hydrogen-bond donors (Lipinski definition) is 2. The average Bonchev–Trinajstić information content (AvgIpc) is 2.71. The monoisotopic (exact) mass is 284 g/mol. The highest BCUT2D eigenvalue weighted by Crippen LogP contribution is 2.34. The van der Waals surface area contributed by atoms with Crippen molar-refractivity contribution in [3.8, 4) is 6.07 Å². The van der Waals surface area contributed by atoms with E-state index in [9.17, 15) is 4.79 Å². The summed E-state index contributed by atoms with van der Waals surface area (Å²) in [7, 11) is 0. The Morgan fingerprint density at radius 2 is 1.90 bits per heavy atom. The highest BCUT2D eigenvalue weighted by atomic mass is 16.2. The Kier molecular flexibility index (Phi) is 3.91. The van der Waals surface area contributed by atoms with Crippen molar-refractivity contribution in [1.29, 1.82) is 5.26 Å². The third-order valence-corrected chi connectivity index (χ3v) is 4.54. The maximum absolute atomic E-state index is 12.2. The molecule has 1 aromatic carbocycles. The van der Waals surface area contributed by atoms with Crippen LogP contribution in [0, 0.1) is 11.3 Å². The minimum absolute atomic E-state index is 0.00655. The number of anilines is 1. The zero-order chi connectivity index (χ0) is 14.8. The number of amides is 1. The van der Waals surface area contributed by atoms with Crippen LogP contribution in [0.25, 0.3) is 0 Å². The van der Waals surface area contributed by atoms with Crippen LogP contribution in [0.1, 0.15) is 31.2 Å². The molecule has 110 valence electrons. The van der Waals surface area contributed by atoms with Crippen molar-refractivity contribution < 1.29 is 4.79 Å². The lowest BCUT2D eigenvalue weighted by atomic mass is 9.98. The molecule has 2 saturated heterocycles. The Morgan fingerprint density at radius 1 is 1.29 bits per heavy atom. The summed E-state index contributed by atoms with van der Waals surface area (Å²) in [4.78, 5) is 14.5. The van der Waals surface area contributed by atoms with Gasteiger partial charge >= 0.3 is 0 Å². The van der Waals surface area contributed by atoms with Gasteiger partial charge in [0.15, 0.2) is 0 Å². The maximum Gasteiger partial charge on any atom is 0.238 e. The van der Waals surface area contributed by atoms with Crippen molar-refractivity contribution in [3.05, 3.63) is 29.8 Å². The first-order valence-electron chi connectivity index (χ1n) is 7.47. The molecule has 21 heavy (non-hydrogen) atoms. The fourth-order valence-corrected chi connectivity index (χ4v) is 3.57. The molecule has 2 fully saturated rings. The molecule has 2 aliphatic rings. The highest BCUT2D eigenvalue weighted by Gasteiger charge is 2.40. The van der Waals surface area contributed by atoms with Crippen LogP contribution in [0.4, 0.5) is 5.69 Å². The van der Waals surface area contributed by atoms with E-state index >= 15 is 0 Å². The van der Waals surface area contributed by atoms with Gasteiger partial charge in [0.2, 0.25) is 5.91 Å². The molecule has 5 heteroatoms. The first-order chi connectivity index (χ1) is 10.2. The lowest BCUT2D eigenvalue weighted by Gasteiger charge is -2.37. The van der Waals surface area contributed by atoms with E-state index in [0.29, 0.717) is 30.2 Å². The smallest absolute Gasteiger partial charge is 0.238 e. The molecule has 0 saturated carbocycles. The standard InChI is InChI=1S/C16H20N4O/c17-9-11-1-3-13(4-2-11)19-16(21)10-20-14-5-6-15(20)8-12(18)7-14/h1-4,12,14-15H,5-8,10,18H2,(H,19,21). The van der Waals surface area contributed by atoms with Crippen molar-refractivity contribution in [2.45, 2.75) is 43.8 Å². The number of hydrogen-bond acceptors (Lipinski definition) is 4. The van der Waals surface area contributed by atoms with E-state index in [0.717, 1.165) is 31.4 Å². The van der Waals surface area contributed by atoms with Gasteiger partial charge in [0.25, 0.3) is 0 Å². The second-order valence-electron chi connectivity index (χ2n) is 6.03. The Morgan fingerprint density at radius 3 is 2.48 bits per heavy atom. The number of nitriles is 1. The molecule has 2 heterocycles. The van der Waals surface area contributed by atoms with E-state index in [1.807, 2.05) is 0 Å². The van der Waals surface area contributed by atoms with Crippen LogP contribution in [0.5, 0.6) is 0 Å². The van der Waals surface area contributed by atoms with Crippen LogP contribution in [0.2, 0.25) is 0 Å². The lowest BCUT2D eigenvalue weighted by molar-refractivity contribution is -0.118. The number of carbonyl (C=O) groups is 1. The number of benzene rings is 1. The van der Waals surface area contributed by atoms with Crippen LogP contribution in [-0.4, -0.2) is 35.5 Å². The van der Waals surface area contributed by atoms with Crippen LogP contribution in [0.3, 0.4) is 0 Å². The second-order valence-corrected chi connectivity index (χ2v) is 6.03. The number of nitrogens with one attached hydrogen (secondary N) is 1. The van der Waals surface area contributed by atoms with Gasteiger partial charge in [0.1, 0.15) is 0 Å². The summed E-state index contributed by atoms with van der Waals surface area (Å²) in [5.41, 5.74) is 7.38. The molecule has 2 bridgehead atoms. The SMILES string of the molecule is N#Cc1ccc(NC(=O)CN2C3CCC2CC(N)C3)cc1. The van der Waals surface area contributed by atoms with Crippen LogP contribution >= 0.6 is 0 Å². The lowest BCUT2D eigenvalue weighted by Crippen LogP contribution is -2.49. The number of rotatable bonds is 3. The first kappa shape index (κ1) is 14.1. The summed E-state index contributed by atoms with van der Waals surface area (Å²) in [6.45, 7) is 0.433. The summed E-state index contributed by atoms with van der Waals surface area (Å²) in [6, 6.07) is 10.2. The molecular formula is C16H20N4O. The number of nitrogens with zero attached hydrogens (tertiary/aromatic N) is 2. The zero-order valence-electron chi connectivity index (χ0n) is 12.0. The van der Waals surface area contributed by atoms with Crippen LogP contribution in [-0.2, 0) is 4.79 Å². The summed E-state index contributed by atoms with van der Waals surface area (Å²) >= 11 is 0. The largest absolute Gasteiger partial charge is 0.328 e. The number of piperidine rings is 1. The molecule has 0 aliphatic carbocycles. The summed E-state index contributed by atoms with van der Waals surface area (Å²) in [5.74, 6) is 0.00655. The average molecular weight is 284 g/mol. The van der Waals surface area contributed by atoms with Gasteiger partial charge in [-0.1, -0.05) is 0 Å². The predicted octanol–water partition coefficient (Wildman–Crippen LogP) is 1.45. The molecule has 2 aliphatic heterocycles. The minimum Gasteiger partial charge on any atom is -0.328 e. The first-order valence-corrected chi connectivity index (χ1v) is 7.47. The van der Waals surface area contributed by atoms with Gasteiger partial charge < -0.3 is 11.1 Å². The topological polar surface area (TPSA) is 82.2 Å². The number of fused-ring (bicyclic) bond motifs is 2. The van der Waals surface area contributed by atoms with Gasteiger partial charge in [0, 0.05) is 23.8 Å². The normalized spacial score (nSPS) is 28.1. The number of nitrogens with two attached hydrogens (primary N) is 1. The fourth-order valence-electron chi connectivity index (χ4n) is 3.57. The zero-order valence-corrected chi connectivity index (χ0v) is 12.0. The molecule has 0 aromatic heterocycles. The van der Waals surface area contributed by atoms with Crippen molar-refractivity contribution >= 4 is 11.6 Å². The van der Waals surface area contributed by atoms with Gasteiger partial charge in [-0.3, -0.25) is 9.69 Å². The van der Waals surface area contributed by atoms with Crippen molar-refractivity contribution in [1.82, 2.24) is 4.90 Å². The molecule has 2 unspecified atom stereocenters. The van der Waals surface area contributed by atoms with Gasteiger partial charge in [0.05, 0.1) is 18.2 Å².